The summed E-state index contributed by atoms with van der Waals surface area (Å²) in [6, 6.07) is 6.29. The van der Waals surface area contributed by atoms with Gasteiger partial charge in [0.1, 0.15) is 0 Å². The number of hydrogen-bond donors (Lipinski definition) is 4. The highest BCUT2D eigenvalue weighted by Gasteiger charge is 2.14. The lowest BCUT2D eigenvalue weighted by molar-refractivity contribution is 0.0953. The van der Waals surface area contributed by atoms with Gasteiger partial charge >= 0.3 is 7.12 Å². The molecule has 1 aromatic rings. The van der Waals surface area contributed by atoms with E-state index < -0.39 is 7.12 Å². The van der Waals surface area contributed by atoms with Gasteiger partial charge in [-0.25, -0.2) is 0 Å². The van der Waals surface area contributed by atoms with E-state index in [1.54, 1.807) is 29.8 Å². The number of rotatable bonds is 9. The van der Waals surface area contributed by atoms with Gasteiger partial charge in [0.25, 0.3) is 5.91 Å². The lowest BCUT2D eigenvalue weighted by Gasteiger charge is -2.08. The van der Waals surface area contributed by atoms with Crippen LogP contribution in [0.3, 0.4) is 0 Å². The minimum Gasteiger partial charge on any atom is -0.423 e. The third-order valence-electron chi connectivity index (χ3n) is 4.03. The van der Waals surface area contributed by atoms with Crippen LogP contribution in [0.5, 0.6) is 0 Å². The van der Waals surface area contributed by atoms with Crippen LogP contribution in [0.2, 0.25) is 0 Å². The molecule has 5 nitrogen and oxygen atoms in total. The number of amides is 1. The number of nitrogens with one attached hydrogen (secondary N) is 2. The third kappa shape index (κ3) is 6.08. The van der Waals surface area contributed by atoms with Gasteiger partial charge in [-0.1, -0.05) is 17.7 Å². The van der Waals surface area contributed by atoms with Crippen LogP contribution in [-0.4, -0.2) is 36.2 Å². The van der Waals surface area contributed by atoms with Crippen LogP contribution in [0.4, 0.5) is 0 Å². The maximum atomic E-state index is 11.9. The van der Waals surface area contributed by atoms with E-state index in [4.69, 9.17) is 10.0 Å². The van der Waals surface area contributed by atoms with Gasteiger partial charge in [0.05, 0.1) is 0 Å². The molecule has 0 heterocycles. The molecule has 23 heavy (non-hydrogen) atoms. The van der Waals surface area contributed by atoms with Crippen molar-refractivity contribution < 1.29 is 14.8 Å². The lowest BCUT2D eigenvalue weighted by Crippen LogP contribution is -2.30. The molecule has 0 saturated heterocycles. The van der Waals surface area contributed by atoms with E-state index in [9.17, 15) is 4.79 Å². The highest BCUT2D eigenvalue weighted by atomic mass is 16.4. The number of benzene rings is 1. The van der Waals surface area contributed by atoms with Crippen molar-refractivity contribution in [3.63, 3.8) is 0 Å². The summed E-state index contributed by atoms with van der Waals surface area (Å²) in [5.74, 6) is -0.128. The lowest BCUT2D eigenvalue weighted by atomic mass is 9.80. The second kappa shape index (κ2) is 8.74. The highest BCUT2D eigenvalue weighted by molar-refractivity contribution is 6.58. The molecule has 1 saturated carbocycles. The van der Waals surface area contributed by atoms with E-state index in [1.807, 2.05) is 0 Å². The summed E-state index contributed by atoms with van der Waals surface area (Å²) in [7, 11) is -1.50. The Kier molecular flexibility index (Phi) is 6.68. The van der Waals surface area contributed by atoms with Crippen molar-refractivity contribution in [3.8, 4) is 0 Å². The minimum absolute atomic E-state index is 0.128. The summed E-state index contributed by atoms with van der Waals surface area (Å²) >= 11 is 0. The molecule has 4 N–H and O–H groups in total. The predicted molar refractivity (Wildman–Crippen MR) is 92.4 cm³/mol. The molecule has 0 aliphatic heterocycles. The summed E-state index contributed by atoms with van der Waals surface area (Å²) in [4.78, 5) is 11.9. The van der Waals surface area contributed by atoms with Gasteiger partial charge in [0.15, 0.2) is 0 Å². The Hall–Kier alpha value is -1.79. The molecule has 1 aromatic carbocycles. The summed E-state index contributed by atoms with van der Waals surface area (Å²) in [6.07, 6.45) is 5.64. The maximum Gasteiger partial charge on any atom is 0.488 e. The maximum absolute atomic E-state index is 11.9. The quantitative estimate of drug-likeness (QED) is 0.403. The van der Waals surface area contributed by atoms with E-state index in [0.717, 1.165) is 25.8 Å². The van der Waals surface area contributed by atoms with Gasteiger partial charge < -0.3 is 20.7 Å². The van der Waals surface area contributed by atoms with E-state index in [0.29, 0.717) is 17.6 Å². The summed E-state index contributed by atoms with van der Waals surface area (Å²) in [5.41, 5.74) is 3.81. The average molecular weight is 316 g/mol. The van der Waals surface area contributed by atoms with Gasteiger partial charge in [-0.3, -0.25) is 4.79 Å². The molecule has 2 rings (SSSR count). The summed E-state index contributed by atoms with van der Waals surface area (Å²) < 4.78 is 0. The van der Waals surface area contributed by atoms with Crippen molar-refractivity contribution in [2.45, 2.75) is 39.0 Å². The van der Waals surface area contributed by atoms with E-state index in [1.165, 1.54) is 18.5 Å². The molecule has 6 heteroatoms. The molecule has 1 amide bonds. The first-order chi connectivity index (χ1) is 11.1. The Labute approximate surface area is 137 Å². The van der Waals surface area contributed by atoms with Crippen molar-refractivity contribution in [1.82, 2.24) is 10.6 Å². The number of carbonyl (C=O) groups excluding carboxylic acids is 1. The zero-order valence-electron chi connectivity index (χ0n) is 13.6. The van der Waals surface area contributed by atoms with Gasteiger partial charge in [-0.05, 0) is 56.6 Å². The Balaban J connectivity index is 1.56. The van der Waals surface area contributed by atoms with E-state index >= 15 is 0 Å². The first-order valence-electron chi connectivity index (χ1n) is 8.24. The standard InChI is InChI=1S/C17H25BN2O3/c1-13(14-5-6-14)19-11-3-2-4-12-20-17(21)15-7-9-16(10-8-15)18(22)23/h7-10,19,22-23H,2-6,11-12H2,1H3,(H,20,21). The molecular formula is C17H25BN2O3. The van der Waals surface area contributed by atoms with Crippen LogP contribution >= 0.6 is 0 Å². The van der Waals surface area contributed by atoms with Gasteiger partial charge in [-0.15, -0.1) is 0 Å². The molecule has 1 aliphatic carbocycles. The fraction of sp³-hybridized carbons (Fsp3) is 0.471. The van der Waals surface area contributed by atoms with E-state index in [-0.39, 0.29) is 5.91 Å². The largest absolute Gasteiger partial charge is 0.488 e. The molecule has 1 aliphatic rings. The third-order valence-corrected chi connectivity index (χ3v) is 4.03. The SMILES string of the molecule is CC(NCCCCCNC(=O)c1ccc(B(O)O)cc1)=C1CC1. The van der Waals surface area contributed by atoms with Crippen LogP contribution in [0.15, 0.2) is 35.5 Å². The first-order valence-corrected chi connectivity index (χ1v) is 8.24. The number of allylic oxidation sites excluding steroid dienone is 2. The van der Waals surface area contributed by atoms with Crippen molar-refractivity contribution in [3.05, 3.63) is 41.1 Å². The monoisotopic (exact) mass is 316 g/mol. The molecule has 0 radical (unpaired) electrons. The van der Waals surface area contributed by atoms with E-state index in [2.05, 4.69) is 17.6 Å². The number of carbonyl (C=O) groups is 1. The summed E-state index contributed by atoms with van der Waals surface area (Å²) in [5, 5.41) is 24.3. The fourth-order valence-corrected chi connectivity index (χ4v) is 2.38. The van der Waals surface area contributed by atoms with Crippen molar-refractivity contribution >= 4 is 18.5 Å². The molecule has 0 aromatic heterocycles. The molecule has 0 unspecified atom stereocenters. The topological polar surface area (TPSA) is 81.6 Å². The second-order valence-corrected chi connectivity index (χ2v) is 5.97. The molecule has 124 valence electrons. The smallest absolute Gasteiger partial charge is 0.423 e. The molecule has 1 fully saturated rings. The second-order valence-electron chi connectivity index (χ2n) is 5.97. The normalized spacial score (nSPS) is 12.7. The Morgan fingerprint density at radius 3 is 2.22 bits per heavy atom. The van der Waals surface area contributed by atoms with Crippen molar-refractivity contribution in [1.29, 1.82) is 0 Å². The summed E-state index contributed by atoms with van der Waals surface area (Å²) in [6.45, 7) is 3.79. The van der Waals surface area contributed by atoms with Crippen LogP contribution in [0.25, 0.3) is 0 Å². The van der Waals surface area contributed by atoms with Crippen LogP contribution in [-0.2, 0) is 0 Å². The van der Waals surface area contributed by atoms with Crippen LogP contribution in [0.1, 0.15) is 49.4 Å². The fourth-order valence-electron chi connectivity index (χ4n) is 2.38. The molecule has 0 atom stereocenters. The number of hydrogen-bond acceptors (Lipinski definition) is 4. The van der Waals surface area contributed by atoms with Gasteiger partial charge in [-0.2, -0.15) is 0 Å². The van der Waals surface area contributed by atoms with Gasteiger partial charge in [0.2, 0.25) is 0 Å². The minimum atomic E-state index is -1.50. The molecule has 0 bridgehead atoms. The highest BCUT2D eigenvalue weighted by Crippen LogP contribution is 2.30. The Bertz CT molecular complexity index is 549. The number of unbranched alkanes of at least 4 members (excludes halogenated alkanes) is 2. The first kappa shape index (κ1) is 17.6. The van der Waals surface area contributed by atoms with Crippen LogP contribution < -0.4 is 16.1 Å². The zero-order valence-corrected chi connectivity index (χ0v) is 13.6. The Morgan fingerprint density at radius 2 is 1.65 bits per heavy atom. The van der Waals surface area contributed by atoms with Crippen LogP contribution in [0, 0.1) is 0 Å². The Morgan fingerprint density at radius 1 is 1.04 bits per heavy atom. The zero-order chi connectivity index (χ0) is 16.7. The molecular weight excluding hydrogens is 291 g/mol. The predicted octanol–water partition coefficient (Wildman–Crippen LogP) is 0.924. The van der Waals surface area contributed by atoms with Gasteiger partial charge in [0, 0.05) is 24.4 Å². The van der Waals surface area contributed by atoms with Crippen molar-refractivity contribution in [2.24, 2.45) is 0 Å². The molecule has 0 spiro atoms. The average Bonchev–Trinajstić information content (AvgIpc) is 3.38. The van der Waals surface area contributed by atoms with Crippen molar-refractivity contribution in [2.75, 3.05) is 13.1 Å².